The van der Waals surface area contributed by atoms with E-state index in [9.17, 15) is 14.4 Å². The highest BCUT2D eigenvalue weighted by Crippen LogP contribution is 2.09. The lowest BCUT2D eigenvalue weighted by atomic mass is 10.1. The molecule has 0 heterocycles. The van der Waals surface area contributed by atoms with Crippen molar-refractivity contribution in [3.8, 4) is 0 Å². The van der Waals surface area contributed by atoms with Gasteiger partial charge in [0.15, 0.2) is 0 Å². The smallest absolute Gasteiger partial charge is 0.327 e. The second-order valence-corrected chi connectivity index (χ2v) is 5.33. The van der Waals surface area contributed by atoms with Crippen LogP contribution in [0.15, 0.2) is 18.2 Å². The molecule has 0 saturated carbocycles. The van der Waals surface area contributed by atoms with Crippen molar-refractivity contribution in [2.24, 2.45) is 5.92 Å². The Balaban J connectivity index is 2.52. The fourth-order valence-corrected chi connectivity index (χ4v) is 1.68. The maximum atomic E-state index is 11.9. The predicted octanol–water partition coefficient (Wildman–Crippen LogP) is 0.837. The van der Waals surface area contributed by atoms with E-state index in [-0.39, 0.29) is 5.92 Å². The summed E-state index contributed by atoms with van der Waals surface area (Å²) in [5, 5.41) is 2.46. The largest absolute Gasteiger partial charge is 0.348 e. The van der Waals surface area contributed by atoms with Gasteiger partial charge in [0, 0.05) is 12.1 Å². The number of carbonyl (C=O) groups excluding carboxylic acids is 3. The third kappa shape index (κ3) is 5.25. The summed E-state index contributed by atoms with van der Waals surface area (Å²) >= 11 is 0. The monoisotopic (exact) mass is 291 g/mol. The van der Waals surface area contributed by atoms with E-state index < -0.39 is 17.7 Å². The number of hydrogen-bond acceptors (Lipinski definition) is 3. The van der Waals surface area contributed by atoms with Crippen LogP contribution in [-0.4, -0.2) is 24.3 Å². The summed E-state index contributed by atoms with van der Waals surface area (Å²) in [7, 11) is 0. The highest BCUT2D eigenvalue weighted by atomic mass is 16.2. The first-order chi connectivity index (χ1) is 9.81. The summed E-state index contributed by atoms with van der Waals surface area (Å²) < 4.78 is 0. The molecule has 0 aliphatic heterocycles. The first-order valence-corrected chi connectivity index (χ1v) is 6.77. The molecular weight excluding hydrogens is 270 g/mol. The minimum atomic E-state index is -0.895. The van der Waals surface area contributed by atoms with Gasteiger partial charge >= 0.3 is 11.8 Å². The quantitative estimate of drug-likeness (QED) is 0.569. The summed E-state index contributed by atoms with van der Waals surface area (Å²) in [6, 6.07) is 5.34. The van der Waals surface area contributed by atoms with Crippen molar-refractivity contribution >= 4 is 17.7 Å². The van der Waals surface area contributed by atoms with Gasteiger partial charge in [0.2, 0.25) is 0 Å². The van der Waals surface area contributed by atoms with Crippen molar-refractivity contribution in [3.05, 3.63) is 34.9 Å². The first kappa shape index (κ1) is 16.7. The topological polar surface area (TPSA) is 87.3 Å². The molecule has 0 aliphatic rings. The van der Waals surface area contributed by atoms with Gasteiger partial charge in [0.25, 0.3) is 5.91 Å². The molecule has 21 heavy (non-hydrogen) atoms. The van der Waals surface area contributed by atoms with Crippen LogP contribution in [0.2, 0.25) is 0 Å². The van der Waals surface area contributed by atoms with Gasteiger partial charge in [-0.05, 0) is 31.4 Å². The molecule has 6 heteroatoms. The Morgan fingerprint density at radius 1 is 1.05 bits per heavy atom. The molecule has 0 bridgehead atoms. The standard InChI is InChI=1S/C15H21N3O3/c1-9(2)8-16-14(20)15(21)18-17-13(19)12-6-5-10(3)7-11(12)4/h5-7,9H,8H2,1-4H3,(H,16,20)(H,17,19)(H,18,21). The van der Waals surface area contributed by atoms with Crippen molar-refractivity contribution in [2.75, 3.05) is 6.54 Å². The molecule has 6 nitrogen and oxygen atoms in total. The summed E-state index contributed by atoms with van der Waals surface area (Å²) in [5.41, 5.74) is 6.61. The molecule has 1 rings (SSSR count). The number of hydrogen-bond donors (Lipinski definition) is 3. The molecule has 1 aromatic rings. The van der Waals surface area contributed by atoms with Crippen molar-refractivity contribution in [2.45, 2.75) is 27.7 Å². The normalized spacial score (nSPS) is 10.1. The zero-order valence-corrected chi connectivity index (χ0v) is 12.7. The molecule has 0 unspecified atom stereocenters. The van der Waals surface area contributed by atoms with Gasteiger partial charge in [-0.2, -0.15) is 0 Å². The molecule has 0 atom stereocenters. The number of nitrogens with one attached hydrogen (secondary N) is 3. The molecule has 0 aromatic heterocycles. The zero-order chi connectivity index (χ0) is 16.0. The van der Waals surface area contributed by atoms with Crippen LogP contribution in [0.25, 0.3) is 0 Å². The fourth-order valence-electron chi connectivity index (χ4n) is 1.68. The maximum Gasteiger partial charge on any atom is 0.327 e. The SMILES string of the molecule is Cc1ccc(C(=O)NNC(=O)C(=O)NCC(C)C)c(C)c1. The van der Waals surface area contributed by atoms with Crippen LogP contribution in [-0.2, 0) is 9.59 Å². The fraction of sp³-hybridized carbons (Fsp3) is 0.400. The Morgan fingerprint density at radius 2 is 1.71 bits per heavy atom. The Labute approximate surface area is 124 Å². The molecule has 0 fully saturated rings. The molecular formula is C15H21N3O3. The van der Waals surface area contributed by atoms with E-state index in [4.69, 9.17) is 0 Å². The number of benzene rings is 1. The Morgan fingerprint density at radius 3 is 2.29 bits per heavy atom. The molecule has 0 spiro atoms. The number of amides is 3. The number of aryl methyl sites for hydroxylation is 2. The van der Waals surface area contributed by atoms with Crippen LogP contribution in [0.5, 0.6) is 0 Å². The highest BCUT2D eigenvalue weighted by molar-refractivity contribution is 6.35. The van der Waals surface area contributed by atoms with Crippen molar-refractivity contribution in [1.82, 2.24) is 16.2 Å². The van der Waals surface area contributed by atoms with Crippen LogP contribution in [0, 0.1) is 19.8 Å². The van der Waals surface area contributed by atoms with Gasteiger partial charge in [-0.25, -0.2) is 0 Å². The third-order valence-electron chi connectivity index (χ3n) is 2.79. The Bertz CT molecular complexity index is 553. The molecule has 0 radical (unpaired) electrons. The van der Waals surface area contributed by atoms with E-state index in [1.807, 2.05) is 26.8 Å². The van der Waals surface area contributed by atoms with Gasteiger partial charge in [0.1, 0.15) is 0 Å². The summed E-state index contributed by atoms with van der Waals surface area (Å²) in [5.74, 6) is -1.89. The van der Waals surface area contributed by atoms with Crippen LogP contribution in [0.1, 0.15) is 35.3 Å². The molecule has 0 aliphatic carbocycles. The minimum Gasteiger partial charge on any atom is -0.348 e. The Kier molecular flexibility index (Phi) is 5.90. The highest BCUT2D eigenvalue weighted by Gasteiger charge is 2.15. The lowest BCUT2D eigenvalue weighted by Crippen LogP contribution is -2.49. The zero-order valence-electron chi connectivity index (χ0n) is 12.7. The van der Waals surface area contributed by atoms with E-state index in [1.165, 1.54) is 0 Å². The van der Waals surface area contributed by atoms with E-state index in [1.54, 1.807) is 19.1 Å². The van der Waals surface area contributed by atoms with Gasteiger partial charge in [0.05, 0.1) is 0 Å². The number of hydrazine groups is 1. The Hall–Kier alpha value is -2.37. The average Bonchev–Trinajstić information content (AvgIpc) is 2.41. The van der Waals surface area contributed by atoms with Crippen LogP contribution in [0.4, 0.5) is 0 Å². The van der Waals surface area contributed by atoms with Crippen molar-refractivity contribution in [1.29, 1.82) is 0 Å². The number of rotatable bonds is 3. The van der Waals surface area contributed by atoms with E-state index in [2.05, 4.69) is 16.2 Å². The molecule has 3 N–H and O–H groups in total. The maximum absolute atomic E-state index is 11.9. The molecule has 114 valence electrons. The van der Waals surface area contributed by atoms with Crippen molar-refractivity contribution in [3.63, 3.8) is 0 Å². The van der Waals surface area contributed by atoms with Crippen molar-refractivity contribution < 1.29 is 14.4 Å². The van der Waals surface area contributed by atoms with Crippen LogP contribution < -0.4 is 16.2 Å². The van der Waals surface area contributed by atoms with Gasteiger partial charge in [-0.1, -0.05) is 31.5 Å². The van der Waals surface area contributed by atoms with E-state index in [0.717, 1.165) is 11.1 Å². The lowest BCUT2D eigenvalue weighted by molar-refractivity contribution is -0.139. The van der Waals surface area contributed by atoms with Crippen LogP contribution in [0.3, 0.4) is 0 Å². The molecule has 0 saturated heterocycles. The second-order valence-electron chi connectivity index (χ2n) is 5.33. The second kappa shape index (κ2) is 7.42. The minimum absolute atomic E-state index is 0.242. The van der Waals surface area contributed by atoms with Gasteiger partial charge < -0.3 is 5.32 Å². The summed E-state index contributed by atoms with van der Waals surface area (Å²) in [4.78, 5) is 34.8. The number of carbonyl (C=O) groups is 3. The van der Waals surface area contributed by atoms with Crippen LogP contribution >= 0.6 is 0 Å². The van der Waals surface area contributed by atoms with Gasteiger partial charge in [-0.3, -0.25) is 25.2 Å². The first-order valence-electron chi connectivity index (χ1n) is 6.77. The van der Waals surface area contributed by atoms with E-state index >= 15 is 0 Å². The lowest BCUT2D eigenvalue weighted by Gasteiger charge is -2.10. The molecule has 1 aromatic carbocycles. The summed E-state index contributed by atoms with van der Waals surface area (Å²) in [6.07, 6.45) is 0. The van der Waals surface area contributed by atoms with E-state index in [0.29, 0.717) is 12.1 Å². The third-order valence-corrected chi connectivity index (χ3v) is 2.79. The summed E-state index contributed by atoms with van der Waals surface area (Å²) in [6.45, 7) is 7.96. The predicted molar refractivity (Wildman–Crippen MR) is 79.4 cm³/mol. The molecule has 3 amide bonds. The average molecular weight is 291 g/mol. The van der Waals surface area contributed by atoms with Gasteiger partial charge in [-0.15, -0.1) is 0 Å².